The summed E-state index contributed by atoms with van der Waals surface area (Å²) < 4.78 is 2.11. The monoisotopic (exact) mass is 224 g/mol. The van der Waals surface area contributed by atoms with Crippen LogP contribution in [0.3, 0.4) is 0 Å². The van der Waals surface area contributed by atoms with Gasteiger partial charge < -0.3 is 10.3 Å². The van der Waals surface area contributed by atoms with Crippen LogP contribution in [0.1, 0.15) is 39.4 Å². The average Bonchev–Trinajstić information content (AvgIpc) is 2.71. The third-order valence-corrected chi connectivity index (χ3v) is 3.26. The van der Waals surface area contributed by atoms with Gasteiger partial charge in [-0.3, -0.25) is 0 Å². The lowest BCUT2D eigenvalue weighted by molar-refractivity contribution is 0.337. The van der Waals surface area contributed by atoms with Crippen LogP contribution in [-0.2, 0) is 13.0 Å². The van der Waals surface area contributed by atoms with Crippen molar-refractivity contribution in [1.29, 1.82) is 0 Å². The molecule has 0 aliphatic heterocycles. The molecule has 0 saturated carbocycles. The number of aromatic nitrogens is 3. The first-order chi connectivity index (χ1) is 7.69. The normalized spacial score (nSPS) is 13.3. The van der Waals surface area contributed by atoms with Gasteiger partial charge in [-0.05, 0) is 38.1 Å². The van der Waals surface area contributed by atoms with E-state index < -0.39 is 0 Å². The van der Waals surface area contributed by atoms with Crippen molar-refractivity contribution in [3.8, 4) is 0 Å². The van der Waals surface area contributed by atoms with E-state index in [2.05, 4.69) is 35.5 Å². The minimum Gasteiger partial charge on any atom is -0.330 e. The fourth-order valence-electron chi connectivity index (χ4n) is 2.08. The number of rotatable bonds is 7. The van der Waals surface area contributed by atoms with Crippen molar-refractivity contribution in [2.24, 2.45) is 17.6 Å². The van der Waals surface area contributed by atoms with Crippen LogP contribution in [0.25, 0.3) is 0 Å². The first-order valence-corrected chi connectivity index (χ1v) is 6.25. The number of hydrogen-bond acceptors (Lipinski definition) is 3. The lowest BCUT2D eigenvalue weighted by atomic mass is 9.88. The summed E-state index contributed by atoms with van der Waals surface area (Å²) in [6, 6.07) is 0. The fraction of sp³-hybridized carbons (Fsp3) is 0.833. The predicted octanol–water partition coefficient (Wildman–Crippen LogP) is 1.85. The molecule has 0 amide bonds. The standard InChI is InChI=1S/C12H24N4/c1-4-16-9-14-15-12(16)6-5-11(7-8-13)10(2)3/h9-11H,4-8,13H2,1-3H3. The number of nitrogens with two attached hydrogens (primary N) is 1. The molecule has 1 unspecified atom stereocenters. The van der Waals surface area contributed by atoms with Gasteiger partial charge in [-0.25, -0.2) is 0 Å². The number of aryl methyl sites for hydroxylation is 2. The maximum absolute atomic E-state index is 5.64. The zero-order valence-electron chi connectivity index (χ0n) is 10.7. The molecule has 0 bridgehead atoms. The molecule has 16 heavy (non-hydrogen) atoms. The molecule has 4 nitrogen and oxygen atoms in total. The molecule has 1 atom stereocenters. The second kappa shape index (κ2) is 6.63. The summed E-state index contributed by atoms with van der Waals surface area (Å²) in [7, 11) is 0. The summed E-state index contributed by atoms with van der Waals surface area (Å²) in [5.41, 5.74) is 5.64. The second-order valence-electron chi connectivity index (χ2n) is 4.65. The summed E-state index contributed by atoms with van der Waals surface area (Å²) in [5, 5.41) is 8.11. The highest BCUT2D eigenvalue weighted by Crippen LogP contribution is 2.20. The van der Waals surface area contributed by atoms with Gasteiger partial charge in [0, 0.05) is 13.0 Å². The van der Waals surface area contributed by atoms with E-state index in [4.69, 9.17) is 5.73 Å². The number of nitrogens with zero attached hydrogens (tertiary/aromatic N) is 3. The topological polar surface area (TPSA) is 56.7 Å². The van der Waals surface area contributed by atoms with Gasteiger partial charge in [-0.1, -0.05) is 13.8 Å². The van der Waals surface area contributed by atoms with Crippen LogP contribution < -0.4 is 5.73 Å². The third kappa shape index (κ3) is 3.59. The van der Waals surface area contributed by atoms with E-state index in [-0.39, 0.29) is 0 Å². The first-order valence-electron chi connectivity index (χ1n) is 6.25. The zero-order chi connectivity index (χ0) is 12.0. The van der Waals surface area contributed by atoms with E-state index in [1.807, 2.05) is 6.33 Å². The third-order valence-electron chi connectivity index (χ3n) is 3.26. The van der Waals surface area contributed by atoms with Gasteiger partial charge in [-0.15, -0.1) is 10.2 Å². The average molecular weight is 224 g/mol. The minimum absolute atomic E-state index is 0.696. The Hall–Kier alpha value is -0.900. The molecule has 0 saturated heterocycles. The molecule has 0 aliphatic carbocycles. The van der Waals surface area contributed by atoms with E-state index >= 15 is 0 Å². The smallest absolute Gasteiger partial charge is 0.132 e. The van der Waals surface area contributed by atoms with E-state index in [9.17, 15) is 0 Å². The Morgan fingerprint density at radius 3 is 2.69 bits per heavy atom. The Balaban J connectivity index is 2.48. The lowest BCUT2D eigenvalue weighted by Crippen LogP contribution is -2.16. The van der Waals surface area contributed by atoms with Gasteiger partial charge in [0.15, 0.2) is 0 Å². The molecule has 1 aromatic rings. The van der Waals surface area contributed by atoms with Crippen molar-refractivity contribution < 1.29 is 0 Å². The molecule has 0 fully saturated rings. The second-order valence-corrected chi connectivity index (χ2v) is 4.65. The van der Waals surface area contributed by atoms with Crippen LogP contribution in [0.15, 0.2) is 6.33 Å². The maximum Gasteiger partial charge on any atom is 0.132 e. The van der Waals surface area contributed by atoms with Gasteiger partial charge in [0.1, 0.15) is 12.2 Å². The van der Waals surface area contributed by atoms with E-state index in [1.165, 1.54) is 0 Å². The highest BCUT2D eigenvalue weighted by molar-refractivity contribution is 4.86. The molecule has 4 heteroatoms. The van der Waals surface area contributed by atoms with Crippen molar-refractivity contribution in [3.05, 3.63) is 12.2 Å². The van der Waals surface area contributed by atoms with E-state index in [0.717, 1.165) is 38.2 Å². The van der Waals surface area contributed by atoms with E-state index in [1.54, 1.807) is 0 Å². The Bertz CT molecular complexity index is 293. The van der Waals surface area contributed by atoms with Gasteiger partial charge >= 0.3 is 0 Å². The van der Waals surface area contributed by atoms with E-state index in [0.29, 0.717) is 11.8 Å². The maximum atomic E-state index is 5.64. The van der Waals surface area contributed by atoms with Crippen molar-refractivity contribution in [3.63, 3.8) is 0 Å². The largest absolute Gasteiger partial charge is 0.330 e. The molecule has 0 aromatic carbocycles. The Morgan fingerprint density at radius 2 is 2.12 bits per heavy atom. The van der Waals surface area contributed by atoms with Crippen molar-refractivity contribution in [1.82, 2.24) is 14.8 Å². The molecule has 1 heterocycles. The molecule has 0 aliphatic rings. The van der Waals surface area contributed by atoms with Crippen LogP contribution in [-0.4, -0.2) is 21.3 Å². The first kappa shape index (κ1) is 13.2. The van der Waals surface area contributed by atoms with Crippen molar-refractivity contribution in [2.45, 2.75) is 46.6 Å². The molecule has 1 rings (SSSR count). The summed E-state index contributed by atoms with van der Waals surface area (Å²) >= 11 is 0. The molecule has 92 valence electrons. The van der Waals surface area contributed by atoms with Gasteiger partial charge in [0.2, 0.25) is 0 Å². The van der Waals surface area contributed by atoms with Gasteiger partial charge in [0.05, 0.1) is 0 Å². The van der Waals surface area contributed by atoms with Gasteiger partial charge in [-0.2, -0.15) is 0 Å². The highest BCUT2D eigenvalue weighted by Gasteiger charge is 2.14. The summed E-state index contributed by atoms with van der Waals surface area (Å²) in [6.07, 6.45) is 5.09. The van der Waals surface area contributed by atoms with Crippen molar-refractivity contribution >= 4 is 0 Å². The molecule has 2 N–H and O–H groups in total. The van der Waals surface area contributed by atoms with Crippen LogP contribution >= 0.6 is 0 Å². The fourth-order valence-corrected chi connectivity index (χ4v) is 2.08. The Kier molecular flexibility index (Phi) is 5.46. The summed E-state index contributed by atoms with van der Waals surface area (Å²) in [4.78, 5) is 0. The molecule has 0 spiro atoms. The SMILES string of the molecule is CCn1cnnc1CCC(CCN)C(C)C. The zero-order valence-corrected chi connectivity index (χ0v) is 10.7. The van der Waals surface area contributed by atoms with Crippen LogP contribution in [0, 0.1) is 11.8 Å². The van der Waals surface area contributed by atoms with Crippen LogP contribution in [0.2, 0.25) is 0 Å². The van der Waals surface area contributed by atoms with Crippen LogP contribution in [0.5, 0.6) is 0 Å². The van der Waals surface area contributed by atoms with Crippen LogP contribution in [0.4, 0.5) is 0 Å². The molecular weight excluding hydrogens is 200 g/mol. The summed E-state index contributed by atoms with van der Waals surface area (Å²) in [6.45, 7) is 8.39. The minimum atomic E-state index is 0.696. The predicted molar refractivity (Wildman–Crippen MR) is 66.0 cm³/mol. The quantitative estimate of drug-likeness (QED) is 0.769. The lowest BCUT2D eigenvalue weighted by Gasteiger charge is -2.19. The molecular formula is C12H24N4. The Morgan fingerprint density at radius 1 is 1.38 bits per heavy atom. The Labute approximate surface area is 98.2 Å². The summed E-state index contributed by atoms with van der Waals surface area (Å²) in [5.74, 6) is 2.50. The highest BCUT2D eigenvalue weighted by atomic mass is 15.3. The van der Waals surface area contributed by atoms with Crippen molar-refractivity contribution in [2.75, 3.05) is 6.54 Å². The molecule has 1 aromatic heterocycles. The van der Waals surface area contributed by atoms with Gasteiger partial charge in [0.25, 0.3) is 0 Å². The molecule has 0 radical (unpaired) electrons. The number of hydrogen-bond donors (Lipinski definition) is 1.